The van der Waals surface area contributed by atoms with Crippen LogP contribution in [0, 0.1) is 0 Å². The standard InChI is InChI=1S/C13H11N5O2S/c19-13(16-20)2-1-10-7-18(17-15-10)8-11-5-9-6-14-4-3-12(9)21-11/h1-7,20H,8H2,(H,16,19)/b2-1+. The van der Waals surface area contributed by atoms with Crippen LogP contribution in [0.4, 0.5) is 0 Å². The van der Waals surface area contributed by atoms with E-state index < -0.39 is 5.91 Å². The van der Waals surface area contributed by atoms with E-state index in [2.05, 4.69) is 21.4 Å². The zero-order valence-corrected chi connectivity index (χ0v) is 11.6. The molecular weight excluding hydrogens is 290 g/mol. The lowest BCUT2D eigenvalue weighted by Crippen LogP contribution is -2.14. The van der Waals surface area contributed by atoms with E-state index in [-0.39, 0.29) is 0 Å². The lowest BCUT2D eigenvalue weighted by atomic mass is 10.3. The number of nitrogens with one attached hydrogen (secondary N) is 1. The SMILES string of the molecule is O=C(/C=C/c1cn(Cc2cc3cnccc3s2)nn1)NO. The van der Waals surface area contributed by atoms with Crippen molar-refractivity contribution in [2.45, 2.75) is 6.54 Å². The Bertz CT molecular complexity index is 775. The molecule has 3 heterocycles. The maximum absolute atomic E-state index is 10.9. The molecule has 3 rings (SSSR count). The van der Waals surface area contributed by atoms with Gasteiger partial charge in [-0.2, -0.15) is 0 Å². The van der Waals surface area contributed by atoms with Crippen molar-refractivity contribution in [1.29, 1.82) is 0 Å². The summed E-state index contributed by atoms with van der Waals surface area (Å²) in [6.45, 7) is 0.604. The number of fused-ring (bicyclic) bond motifs is 1. The first kappa shape index (κ1) is 13.4. The number of carbonyl (C=O) groups excluding carboxylic acids is 1. The molecule has 0 aliphatic heterocycles. The Morgan fingerprint density at radius 3 is 3.24 bits per heavy atom. The van der Waals surface area contributed by atoms with Crippen molar-refractivity contribution in [1.82, 2.24) is 25.5 Å². The molecule has 8 heteroatoms. The van der Waals surface area contributed by atoms with Crippen molar-refractivity contribution in [3.05, 3.63) is 47.4 Å². The molecule has 2 N–H and O–H groups in total. The van der Waals surface area contributed by atoms with Crippen LogP contribution in [-0.2, 0) is 11.3 Å². The van der Waals surface area contributed by atoms with Gasteiger partial charge in [-0.25, -0.2) is 10.2 Å². The summed E-state index contributed by atoms with van der Waals surface area (Å²) >= 11 is 1.68. The molecule has 0 aliphatic rings. The van der Waals surface area contributed by atoms with Crippen molar-refractivity contribution < 1.29 is 10.0 Å². The fraction of sp³-hybridized carbons (Fsp3) is 0.0769. The predicted octanol–water partition coefficient (Wildman–Crippen LogP) is 1.45. The zero-order valence-electron chi connectivity index (χ0n) is 10.8. The van der Waals surface area contributed by atoms with Gasteiger partial charge in [0.2, 0.25) is 0 Å². The number of aromatic nitrogens is 4. The average Bonchev–Trinajstić information content (AvgIpc) is 3.10. The van der Waals surface area contributed by atoms with Gasteiger partial charge in [0.15, 0.2) is 0 Å². The molecule has 106 valence electrons. The highest BCUT2D eigenvalue weighted by Gasteiger charge is 2.04. The van der Waals surface area contributed by atoms with E-state index in [1.165, 1.54) is 22.3 Å². The Hall–Kier alpha value is -2.58. The second-order valence-electron chi connectivity index (χ2n) is 4.28. The smallest absolute Gasteiger partial charge is 0.267 e. The van der Waals surface area contributed by atoms with E-state index in [1.54, 1.807) is 28.4 Å². The fourth-order valence-electron chi connectivity index (χ4n) is 1.84. The molecule has 0 aliphatic carbocycles. The Kier molecular flexibility index (Phi) is 3.71. The van der Waals surface area contributed by atoms with Gasteiger partial charge in [0.25, 0.3) is 5.91 Å². The molecule has 21 heavy (non-hydrogen) atoms. The number of amides is 1. The maximum atomic E-state index is 10.9. The topological polar surface area (TPSA) is 92.9 Å². The average molecular weight is 301 g/mol. The third kappa shape index (κ3) is 3.12. The van der Waals surface area contributed by atoms with Crippen LogP contribution >= 0.6 is 11.3 Å². The minimum atomic E-state index is -0.610. The predicted molar refractivity (Wildman–Crippen MR) is 77.7 cm³/mol. The van der Waals surface area contributed by atoms with E-state index in [9.17, 15) is 4.79 Å². The van der Waals surface area contributed by atoms with Gasteiger partial charge in [0.05, 0.1) is 12.7 Å². The van der Waals surface area contributed by atoms with Gasteiger partial charge in [-0.05, 0) is 18.2 Å². The Balaban J connectivity index is 1.74. The Morgan fingerprint density at radius 2 is 2.43 bits per heavy atom. The van der Waals surface area contributed by atoms with Gasteiger partial charge in [0, 0.05) is 33.4 Å². The van der Waals surface area contributed by atoms with E-state index in [1.807, 2.05) is 12.3 Å². The Labute approximate surface area is 123 Å². The largest absolute Gasteiger partial charge is 0.288 e. The summed E-state index contributed by atoms with van der Waals surface area (Å²) in [7, 11) is 0. The van der Waals surface area contributed by atoms with E-state index in [4.69, 9.17) is 5.21 Å². The summed E-state index contributed by atoms with van der Waals surface area (Å²) in [5.74, 6) is -0.610. The van der Waals surface area contributed by atoms with Crippen molar-refractivity contribution in [3.63, 3.8) is 0 Å². The van der Waals surface area contributed by atoms with E-state index in [0.717, 1.165) is 10.3 Å². The second kappa shape index (κ2) is 5.81. The van der Waals surface area contributed by atoms with Gasteiger partial charge in [-0.15, -0.1) is 16.4 Å². The van der Waals surface area contributed by atoms with E-state index in [0.29, 0.717) is 12.2 Å². The molecule has 7 nitrogen and oxygen atoms in total. The molecular formula is C13H11N5O2S. The number of hydrogen-bond acceptors (Lipinski definition) is 6. The third-order valence-electron chi connectivity index (χ3n) is 2.76. The van der Waals surface area contributed by atoms with Gasteiger partial charge in [0.1, 0.15) is 5.69 Å². The van der Waals surface area contributed by atoms with Gasteiger partial charge >= 0.3 is 0 Å². The molecule has 3 aromatic heterocycles. The number of thiophene rings is 1. The number of hydroxylamine groups is 1. The summed E-state index contributed by atoms with van der Waals surface area (Å²) < 4.78 is 2.87. The monoisotopic (exact) mass is 301 g/mol. The highest BCUT2D eigenvalue weighted by atomic mass is 32.1. The first-order valence-corrected chi connectivity index (χ1v) is 6.91. The van der Waals surface area contributed by atoms with Crippen LogP contribution in [0.25, 0.3) is 16.2 Å². The molecule has 1 amide bonds. The minimum Gasteiger partial charge on any atom is -0.288 e. The first-order valence-electron chi connectivity index (χ1n) is 6.09. The second-order valence-corrected chi connectivity index (χ2v) is 5.44. The van der Waals surface area contributed by atoms with Crippen LogP contribution in [0.1, 0.15) is 10.6 Å². The summed E-state index contributed by atoms with van der Waals surface area (Å²) in [6, 6.07) is 4.05. The molecule has 0 saturated heterocycles. The van der Waals surface area contributed by atoms with Crippen LogP contribution in [-0.4, -0.2) is 31.1 Å². The number of rotatable bonds is 4. The van der Waals surface area contributed by atoms with Crippen LogP contribution in [0.15, 0.2) is 36.8 Å². The van der Waals surface area contributed by atoms with Gasteiger partial charge in [-0.3, -0.25) is 15.0 Å². The maximum Gasteiger partial charge on any atom is 0.267 e. The minimum absolute atomic E-state index is 0.543. The summed E-state index contributed by atoms with van der Waals surface area (Å²) in [4.78, 5) is 16.1. The molecule has 0 aromatic carbocycles. The summed E-state index contributed by atoms with van der Waals surface area (Å²) in [5.41, 5.74) is 2.05. The van der Waals surface area contributed by atoms with Crippen LogP contribution in [0.3, 0.4) is 0 Å². The van der Waals surface area contributed by atoms with Crippen molar-refractivity contribution in [2.24, 2.45) is 0 Å². The Morgan fingerprint density at radius 1 is 1.52 bits per heavy atom. The van der Waals surface area contributed by atoms with Crippen molar-refractivity contribution >= 4 is 33.4 Å². The molecule has 0 fully saturated rings. The van der Waals surface area contributed by atoms with Gasteiger partial charge < -0.3 is 0 Å². The fourth-order valence-corrected chi connectivity index (χ4v) is 2.87. The van der Waals surface area contributed by atoms with Crippen LogP contribution in [0.5, 0.6) is 0 Å². The number of nitrogens with zero attached hydrogens (tertiary/aromatic N) is 4. The molecule has 0 spiro atoms. The number of pyridine rings is 1. The number of hydrogen-bond donors (Lipinski definition) is 2. The highest BCUT2D eigenvalue weighted by molar-refractivity contribution is 7.19. The number of carbonyl (C=O) groups is 1. The lowest BCUT2D eigenvalue weighted by molar-refractivity contribution is -0.124. The quantitative estimate of drug-likeness (QED) is 0.432. The molecule has 0 saturated carbocycles. The van der Waals surface area contributed by atoms with Gasteiger partial charge in [-0.1, -0.05) is 5.21 Å². The van der Waals surface area contributed by atoms with Crippen LogP contribution in [0.2, 0.25) is 0 Å². The van der Waals surface area contributed by atoms with Crippen LogP contribution < -0.4 is 5.48 Å². The van der Waals surface area contributed by atoms with E-state index >= 15 is 0 Å². The normalized spacial score (nSPS) is 11.3. The lowest BCUT2D eigenvalue weighted by Gasteiger charge is -1.94. The van der Waals surface area contributed by atoms with Crippen molar-refractivity contribution in [2.75, 3.05) is 0 Å². The zero-order chi connectivity index (χ0) is 14.7. The summed E-state index contributed by atoms with van der Waals surface area (Å²) in [6.07, 6.45) is 7.98. The molecule has 0 radical (unpaired) electrons. The molecule has 0 atom stereocenters. The summed E-state index contributed by atoms with van der Waals surface area (Å²) in [5, 5.41) is 17.4. The first-order chi connectivity index (χ1) is 10.2. The molecule has 0 bridgehead atoms. The third-order valence-corrected chi connectivity index (χ3v) is 3.86. The highest BCUT2D eigenvalue weighted by Crippen LogP contribution is 2.24. The van der Waals surface area contributed by atoms with Crippen molar-refractivity contribution in [3.8, 4) is 0 Å². The molecule has 0 unspecified atom stereocenters. The molecule has 3 aromatic rings.